The number of fused-ring (bicyclic) bond motifs is 1. The van der Waals surface area contributed by atoms with Crippen molar-refractivity contribution in [1.82, 2.24) is 14.5 Å². The summed E-state index contributed by atoms with van der Waals surface area (Å²) in [5.41, 5.74) is 4.82. The molecular weight excluding hydrogens is 516 g/mol. The lowest BCUT2D eigenvalue weighted by atomic mass is 9.76. The highest BCUT2D eigenvalue weighted by Gasteiger charge is 2.35. The Morgan fingerprint density at radius 3 is 2.15 bits per heavy atom. The van der Waals surface area contributed by atoms with E-state index in [9.17, 15) is 23.1 Å². The number of hydrogen-bond donors (Lipinski definition) is 2. The van der Waals surface area contributed by atoms with Gasteiger partial charge < -0.3 is 9.67 Å². The molecule has 0 atom stereocenters. The van der Waals surface area contributed by atoms with Crippen molar-refractivity contribution in [2.45, 2.75) is 45.4 Å². The van der Waals surface area contributed by atoms with Crippen molar-refractivity contribution in [3.63, 3.8) is 0 Å². The van der Waals surface area contributed by atoms with Crippen molar-refractivity contribution >= 4 is 27.7 Å². The quantitative estimate of drug-likeness (QED) is 0.341. The molecule has 10 heteroatoms. The average Bonchev–Trinajstić information content (AvgIpc) is 3.22. The number of anilines is 1. The van der Waals surface area contributed by atoms with Crippen LogP contribution in [0.4, 0.5) is 5.95 Å². The Morgan fingerprint density at radius 1 is 0.949 bits per heavy atom. The molecule has 0 bridgehead atoms. The maximum Gasteiger partial charge on any atom is 0.335 e. The molecule has 5 rings (SSSR count). The monoisotopic (exact) mass is 544 g/mol. The number of carbonyl (C=O) groups is 2. The van der Waals surface area contributed by atoms with Crippen LogP contribution >= 0.6 is 0 Å². The number of aromatic nitrogens is 3. The van der Waals surface area contributed by atoms with Gasteiger partial charge in [-0.05, 0) is 79.8 Å². The molecule has 2 aromatic carbocycles. The first-order valence-corrected chi connectivity index (χ1v) is 13.9. The molecule has 0 aliphatic heterocycles. The minimum absolute atomic E-state index is 0.00361. The summed E-state index contributed by atoms with van der Waals surface area (Å²) in [6.45, 7) is 7.61. The standard InChI is InChI=1S/C29H28N4O5S/c1-17-13-18(2)31-28(30-17)32-39(37,38)22-11-9-21(10-12-22)33-24(19-5-7-20(8-6-19)27(35)36)14-23-25(33)15-29(3,4)16-26(23)34/h5-14H,15-16H2,1-4H3,(H,35,36)(H,30,31,32). The van der Waals surface area contributed by atoms with Gasteiger partial charge in [0.1, 0.15) is 0 Å². The van der Waals surface area contributed by atoms with E-state index in [1.807, 2.05) is 24.5 Å². The number of Topliss-reactive ketones (excluding diaryl/α,β-unsaturated/α-hetero) is 1. The van der Waals surface area contributed by atoms with Crippen LogP contribution in [0.3, 0.4) is 0 Å². The number of carboxylic acid groups (broad SMARTS) is 1. The van der Waals surface area contributed by atoms with Crippen LogP contribution in [0, 0.1) is 19.3 Å². The number of nitrogens with zero attached hydrogens (tertiary/aromatic N) is 3. The van der Waals surface area contributed by atoms with Gasteiger partial charge >= 0.3 is 5.97 Å². The summed E-state index contributed by atoms with van der Waals surface area (Å²) in [5, 5.41) is 9.30. The van der Waals surface area contributed by atoms with E-state index in [0.29, 0.717) is 35.5 Å². The topological polar surface area (TPSA) is 131 Å². The fourth-order valence-corrected chi connectivity index (χ4v) is 5.97. The van der Waals surface area contributed by atoms with Crippen LogP contribution in [0.15, 0.2) is 65.6 Å². The molecule has 0 radical (unpaired) electrons. The molecule has 0 fully saturated rings. The first kappa shape index (κ1) is 26.3. The van der Waals surface area contributed by atoms with Crippen molar-refractivity contribution in [1.29, 1.82) is 0 Å². The van der Waals surface area contributed by atoms with Crippen LogP contribution in [0.2, 0.25) is 0 Å². The maximum absolute atomic E-state index is 13.1. The molecule has 0 saturated carbocycles. The van der Waals surface area contributed by atoms with Crippen LogP contribution in [0.1, 0.15) is 58.1 Å². The zero-order chi connectivity index (χ0) is 28.1. The van der Waals surface area contributed by atoms with Gasteiger partial charge in [0.2, 0.25) is 5.95 Å². The van der Waals surface area contributed by atoms with E-state index in [4.69, 9.17) is 0 Å². The molecule has 0 spiro atoms. The fraction of sp³-hybridized carbons (Fsp3) is 0.241. The molecule has 2 aromatic heterocycles. The summed E-state index contributed by atoms with van der Waals surface area (Å²) in [4.78, 5) is 32.8. The van der Waals surface area contributed by atoms with Crippen LogP contribution in [0.5, 0.6) is 0 Å². The van der Waals surface area contributed by atoms with Gasteiger partial charge in [0.05, 0.1) is 16.2 Å². The first-order valence-electron chi connectivity index (χ1n) is 12.4. The van der Waals surface area contributed by atoms with Crippen LogP contribution in [-0.4, -0.2) is 39.8 Å². The van der Waals surface area contributed by atoms with Gasteiger partial charge in [-0.25, -0.2) is 27.9 Å². The predicted molar refractivity (Wildman–Crippen MR) is 147 cm³/mol. The minimum Gasteiger partial charge on any atom is -0.478 e. The summed E-state index contributed by atoms with van der Waals surface area (Å²) in [7, 11) is -3.95. The lowest BCUT2D eigenvalue weighted by Gasteiger charge is -2.30. The van der Waals surface area contributed by atoms with Crippen molar-refractivity contribution in [2.75, 3.05) is 4.72 Å². The first-order chi connectivity index (χ1) is 18.3. The van der Waals surface area contributed by atoms with E-state index >= 15 is 0 Å². The Hall–Kier alpha value is -4.31. The van der Waals surface area contributed by atoms with Gasteiger partial charge in [0.15, 0.2) is 5.78 Å². The molecule has 0 unspecified atom stereocenters. The van der Waals surface area contributed by atoms with E-state index in [0.717, 1.165) is 17.0 Å². The van der Waals surface area contributed by atoms with Crippen LogP contribution in [0.25, 0.3) is 16.9 Å². The fourth-order valence-electron chi connectivity index (χ4n) is 5.03. The summed E-state index contributed by atoms with van der Waals surface area (Å²) in [6.07, 6.45) is 1.07. The number of aromatic carboxylic acids is 1. The van der Waals surface area contributed by atoms with Gasteiger partial charge in [0, 0.05) is 34.8 Å². The second-order valence-corrected chi connectivity index (χ2v) is 12.3. The van der Waals surface area contributed by atoms with Crippen LogP contribution < -0.4 is 4.72 Å². The molecule has 1 aliphatic rings. The van der Waals surface area contributed by atoms with Crippen molar-refractivity contribution in [3.8, 4) is 16.9 Å². The number of carboxylic acids is 1. The SMILES string of the molecule is Cc1cc(C)nc(NS(=O)(=O)c2ccc(-n3c(-c4ccc(C(=O)O)cc4)cc4c3CC(C)(C)CC4=O)cc2)n1. The average molecular weight is 545 g/mol. The molecule has 0 saturated heterocycles. The lowest BCUT2D eigenvalue weighted by molar-refractivity contribution is 0.0696. The molecule has 200 valence electrons. The van der Waals surface area contributed by atoms with Gasteiger partial charge in [-0.1, -0.05) is 26.0 Å². The normalized spacial score (nSPS) is 14.6. The van der Waals surface area contributed by atoms with Gasteiger partial charge in [-0.2, -0.15) is 0 Å². The summed E-state index contributed by atoms with van der Waals surface area (Å²) in [5.74, 6) is -0.978. The van der Waals surface area contributed by atoms with Gasteiger partial charge in [-0.15, -0.1) is 0 Å². The number of ketones is 1. The Kier molecular flexibility index (Phi) is 6.38. The van der Waals surface area contributed by atoms with Crippen LogP contribution in [-0.2, 0) is 16.4 Å². The molecule has 0 amide bonds. The van der Waals surface area contributed by atoms with Crippen molar-refractivity contribution in [2.24, 2.45) is 5.41 Å². The number of aryl methyl sites for hydroxylation is 2. The number of nitrogens with one attached hydrogen (secondary N) is 1. The van der Waals surface area contributed by atoms with E-state index in [-0.39, 0.29) is 27.6 Å². The summed E-state index contributed by atoms with van der Waals surface area (Å²) in [6, 6.07) is 16.4. The summed E-state index contributed by atoms with van der Waals surface area (Å²) >= 11 is 0. The Bertz CT molecular complexity index is 1700. The number of benzene rings is 2. The molecule has 4 aromatic rings. The molecule has 1 aliphatic carbocycles. The third kappa shape index (κ3) is 5.20. The predicted octanol–water partition coefficient (Wildman–Crippen LogP) is 5.21. The molecule has 2 heterocycles. The zero-order valence-electron chi connectivity index (χ0n) is 22.0. The highest BCUT2D eigenvalue weighted by Crippen LogP contribution is 2.40. The zero-order valence-corrected chi connectivity index (χ0v) is 22.8. The molecular formula is C29H28N4O5S. The highest BCUT2D eigenvalue weighted by atomic mass is 32.2. The second kappa shape index (κ2) is 9.46. The molecule has 2 N–H and O–H groups in total. The third-order valence-electron chi connectivity index (χ3n) is 6.73. The largest absolute Gasteiger partial charge is 0.478 e. The number of rotatable bonds is 6. The second-order valence-electron chi connectivity index (χ2n) is 10.6. The van der Waals surface area contributed by atoms with E-state index < -0.39 is 16.0 Å². The summed E-state index contributed by atoms with van der Waals surface area (Å²) < 4.78 is 30.5. The van der Waals surface area contributed by atoms with E-state index in [2.05, 4.69) is 14.7 Å². The smallest absolute Gasteiger partial charge is 0.335 e. The number of carbonyl (C=O) groups excluding carboxylic acids is 1. The third-order valence-corrected chi connectivity index (χ3v) is 8.07. The molecule has 39 heavy (non-hydrogen) atoms. The van der Waals surface area contributed by atoms with Gasteiger partial charge in [-0.3, -0.25) is 4.79 Å². The Balaban J connectivity index is 1.58. The minimum atomic E-state index is -3.95. The highest BCUT2D eigenvalue weighted by molar-refractivity contribution is 7.92. The van der Waals surface area contributed by atoms with E-state index in [1.54, 1.807) is 44.2 Å². The van der Waals surface area contributed by atoms with E-state index in [1.165, 1.54) is 24.3 Å². The number of sulfonamides is 1. The van der Waals surface area contributed by atoms with Crippen molar-refractivity contribution < 1.29 is 23.1 Å². The maximum atomic E-state index is 13.1. The number of hydrogen-bond acceptors (Lipinski definition) is 6. The van der Waals surface area contributed by atoms with Crippen molar-refractivity contribution in [3.05, 3.63) is 88.9 Å². The lowest BCUT2D eigenvalue weighted by Crippen LogP contribution is -2.27. The Labute approximate surface area is 226 Å². The Morgan fingerprint density at radius 2 is 1.56 bits per heavy atom. The molecule has 9 nitrogen and oxygen atoms in total. The van der Waals surface area contributed by atoms with Gasteiger partial charge in [0.25, 0.3) is 10.0 Å².